The summed E-state index contributed by atoms with van der Waals surface area (Å²) in [6, 6.07) is -0.131. The smallest absolute Gasteiger partial charge is 0.256 e. The van der Waals surface area contributed by atoms with Crippen molar-refractivity contribution in [1.82, 2.24) is 15.1 Å². The number of hydrogen-bond donors (Lipinski definition) is 2. The van der Waals surface area contributed by atoms with Crippen LogP contribution in [0.2, 0.25) is 5.15 Å². The predicted octanol–water partition coefficient (Wildman–Crippen LogP) is 1.94. The number of aromatic nitrogens is 2. The molecule has 1 heterocycles. The van der Waals surface area contributed by atoms with E-state index in [1.807, 2.05) is 27.7 Å². The highest BCUT2D eigenvalue weighted by molar-refractivity contribution is 6.33. The first kappa shape index (κ1) is 16.0. The molecule has 0 radical (unpaired) electrons. The number of halogens is 1. The van der Waals surface area contributed by atoms with Crippen molar-refractivity contribution >= 4 is 17.5 Å². The molecule has 0 bridgehead atoms. The van der Waals surface area contributed by atoms with Crippen LogP contribution in [0.1, 0.15) is 49.7 Å². The van der Waals surface area contributed by atoms with E-state index in [1.54, 1.807) is 7.05 Å². The number of carbonyl (C=O) groups is 1. The third-order valence-corrected chi connectivity index (χ3v) is 3.71. The van der Waals surface area contributed by atoms with Gasteiger partial charge >= 0.3 is 0 Å². The monoisotopic (exact) mass is 287 g/mol. The summed E-state index contributed by atoms with van der Waals surface area (Å²) >= 11 is 6.14. The number of amides is 1. The van der Waals surface area contributed by atoms with Gasteiger partial charge in [-0.15, -0.1) is 0 Å². The quantitative estimate of drug-likeness (QED) is 0.870. The molecule has 0 aliphatic carbocycles. The van der Waals surface area contributed by atoms with E-state index in [2.05, 4.69) is 10.4 Å². The molecule has 2 N–H and O–H groups in total. The lowest BCUT2D eigenvalue weighted by molar-refractivity contribution is 0.0915. The number of hydrogen-bond acceptors (Lipinski definition) is 3. The number of nitrogens with zero attached hydrogens (tertiary/aromatic N) is 2. The first-order valence-electron chi connectivity index (χ1n) is 6.43. The van der Waals surface area contributed by atoms with E-state index in [-0.39, 0.29) is 30.4 Å². The van der Waals surface area contributed by atoms with Gasteiger partial charge in [-0.2, -0.15) is 5.10 Å². The van der Waals surface area contributed by atoms with Gasteiger partial charge in [-0.1, -0.05) is 32.4 Å². The fourth-order valence-electron chi connectivity index (χ4n) is 1.72. The third kappa shape index (κ3) is 3.48. The molecule has 0 saturated carbocycles. The van der Waals surface area contributed by atoms with Crippen molar-refractivity contribution in [3.8, 4) is 0 Å². The third-order valence-electron chi connectivity index (χ3n) is 3.28. The van der Waals surface area contributed by atoms with Crippen LogP contribution in [-0.4, -0.2) is 33.4 Å². The topological polar surface area (TPSA) is 67.2 Å². The van der Waals surface area contributed by atoms with Gasteiger partial charge in [0, 0.05) is 19.7 Å². The zero-order chi connectivity index (χ0) is 14.7. The van der Waals surface area contributed by atoms with Crippen LogP contribution in [0.3, 0.4) is 0 Å². The Morgan fingerprint density at radius 2 is 2.00 bits per heavy atom. The molecular weight excluding hydrogens is 266 g/mol. The zero-order valence-electron chi connectivity index (χ0n) is 12.1. The molecule has 2 atom stereocenters. The molecule has 0 aliphatic heterocycles. The van der Waals surface area contributed by atoms with Gasteiger partial charge in [0.25, 0.3) is 5.91 Å². The Labute approximate surface area is 118 Å². The Hall–Kier alpha value is -1.07. The van der Waals surface area contributed by atoms with Crippen LogP contribution >= 0.6 is 11.6 Å². The van der Waals surface area contributed by atoms with Crippen LogP contribution in [0.25, 0.3) is 0 Å². The molecule has 6 heteroatoms. The average molecular weight is 288 g/mol. The summed E-state index contributed by atoms with van der Waals surface area (Å²) in [5.74, 6) is -0.137. The molecular formula is C13H22ClN3O2. The van der Waals surface area contributed by atoms with Crippen LogP contribution in [0.15, 0.2) is 0 Å². The zero-order valence-corrected chi connectivity index (χ0v) is 12.8. The Balaban J connectivity index is 3.00. The first-order valence-corrected chi connectivity index (χ1v) is 6.81. The van der Waals surface area contributed by atoms with E-state index in [0.29, 0.717) is 16.4 Å². The second-order valence-electron chi connectivity index (χ2n) is 5.25. The lowest BCUT2D eigenvalue weighted by Gasteiger charge is -2.19. The lowest BCUT2D eigenvalue weighted by atomic mass is 10.0. The maximum absolute atomic E-state index is 12.3. The van der Waals surface area contributed by atoms with Crippen molar-refractivity contribution in [2.24, 2.45) is 13.0 Å². The summed E-state index contributed by atoms with van der Waals surface area (Å²) in [7, 11) is 1.71. The van der Waals surface area contributed by atoms with Gasteiger partial charge in [-0.25, -0.2) is 0 Å². The van der Waals surface area contributed by atoms with Crippen molar-refractivity contribution in [3.05, 3.63) is 16.4 Å². The summed E-state index contributed by atoms with van der Waals surface area (Å²) < 4.78 is 1.51. The summed E-state index contributed by atoms with van der Waals surface area (Å²) in [5.41, 5.74) is 1.12. The van der Waals surface area contributed by atoms with Gasteiger partial charge in [0.05, 0.1) is 11.3 Å². The second-order valence-corrected chi connectivity index (χ2v) is 5.61. The van der Waals surface area contributed by atoms with Crippen LogP contribution < -0.4 is 5.32 Å². The van der Waals surface area contributed by atoms with Crippen LogP contribution in [0, 0.1) is 5.92 Å². The summed E-state index contributed by atoms with van der Waals surface area (Å²) in [5, 5.41) is 16.6. The van der Waals surface area contributed by atoms with Crippen molar-refractivity contribution in [3.63, 3.8) is 0 Å². The van der Waals surface area contributed by atoms with Gasteiger partial charge < -0.3 is 10.4 Å². The Kier molecular flexibility index (Phi) is 5.38. The molecule has 19 heavy (non-hydrogen) atoms. The van der Waals surface area contributed by atoms with E-state index < -0.39 is 0 Å². The van der Waals surface area contributed by atoms with Crippen molar-refractivity contribution in [1.29, 1.82) is 0 Å². The van der Waals surface area contributed by atoms with Crippen molar-refractivity contribution in [2.75, 3.05) is 6.61 Å². The highest BCUT2D eigenvalue weighted by atomic mass is 35.5. The maximum atomic E-state index is 12.3. The molecule has 0 aliphatic rings. The summed E-state index contributed by atoms with van der Waals surface area (Å²) in [6.45, 7) is 7.70. The van der Waals surface area contributed by atoms with Crippen LogP contribution in [-0.2, 0) is 7.05 Å². The molecule has 0 fully saturated rings. The van der Waals surface area contributed by atoms with Gasteiger partial charge in [0.15, 0.2) is 0 Å². The molecule has 0 saturated heterocycles. The standard InChI is InChI=1S/C13H22ClN3O2/c1-7(2)11-10(12(14)17(5)16-11)13(19)15-9(4)8(3)6-18/h7-9,18H,6H2,1-5H3,(H,15,19). The largest absolute Gasteiger partial charge is 0.396 e. The van der Waals surface area contributed by atoms with Gasteiger partial charge in [0.2, 0.25) is 0 Å². The van der Waals surface area contributed by atoms with E-state index in [1.165, 1.54) is 4.68 Å². The van der Waals surface area contributed by atoms with E-state index >= 15 is 0 Å². The second kappa shape index (κ2) is 6.39. The van der Waals surface area contributed by atoms with Crippen LogP contribution in [0.5, 0.6) is 0 Å². The van der Waals surface area contributed by atoms with Gasteiger partial charge in [-0.05, 0) is 18.8 Å². The normalized spacial score (nSPS) is 14.5. The minimum Gasteiger partial charge on any atom is -0.396 e. The Morgan fingerprint density at radius 3 is 2.47 bits per heavy atom. The maximum Gasteiger partial charge on any atom is 0.256 e. The summed E-state index contributed by atoms with van der Waals surface area (Å²) in [4.78, 5) is 12.3. The number of aryl methyl sites for hydroxylation is 1. The molecule has 108 valence electrons. The molecule has 5 nitrogen and oxygen atoms in total. The minimum atomic E-state index is -0.241. The minimum absolute atomic E-state index is 0.0121. The van der Waals surface area contributed by atoms with Crippen LogP contribution in [0.4, 0.5) is 0 Å². The van der Waals surface area contributed by atoms with Gasteiger partial charge in [0.1, 0.15) is 5.15 Å². The number of nitrogens with one attached hydrogen (secondary N) is 1. The number of carbonyl (C=O) groups excluding carboxylic acids is 1. The van der Waals surface area contributed by atoms with E-state index in [0.717, 1.165) is 0 Å². The molecule has 1 rings (SSSR count). The molecule has 0 aromatic carbocycles. The van der Waals surface area contributed by atoms with Crippen molar-refractivity contribution in [2.45, 2.75) is 39.7 Å². The molecule has 0 spiro atoms. The Bertz CT molecular complexity index is 457. The highest BCUT2D eigenvalue weighted by Gasteiger charge is 2.25. The molecule has 1 aromatic heterocycles. The highest BCUT2D eigenvalue weighted by Crippen LogP contribution is 2.25. The summed E-state index contributed by atoms with van der Waals surface area (Å²) in [6.07, 6.45) is 0. The number of rotatable bonds is 5. The van der Waals surface area contributed by atoms with Crippen molar-refractivity contribution < 1.29 is 9.90 Å². The van der Waals surface area contributed by atoms with Gasteiger partial charge in [-0.3, -0.25) is 9.48 Å². The lowest BCUT2D eigenvalue weighted by Crippen LogP contribution is -2.38. The fraction of sp³-hybridized carbons (Fsp3) is 0.692. The number of aliphatic hydroxyl groups is 1. The fourth-order valence-corrected chi connectivity index (χ4v) is 1.94. The predicted molar refractivity (Wildman–Crippen MR) is 75.5 cm³/mol. The van der Waals surface area contributed by atoms with E-state index in [9.17, 15) is 4.79 Å². The molecule has 1 aromatic rings. The molecule has 1 amide bonds. The average Bonchev–Trinajstić information content (AvgIpc) is 2.65. The SMILES string of the molecule is CC(C)c1nn(C)c(Cl)c1C(=O)NC(C)C(C)CO. The Morgan fingerprint density at radius 1 is 1.42 bits per heavy atom. The first-order chi connectivity index (χ1) is 8.79. The van der Waals surface area contributed by atoms with E-state index in [4.69, 9.17) is 16.7 Å². The molecule has 2 unspecified atom stereocenters. The number of aliphatic hydroxyl groups excluding tert-OH is 1.